The summed E-state index contributed by atoms with van der Waals surface area (Å²) < 4.78 is 13.9. The fourth-order valence-electron chi connectivity index (χ4n) is 3.68. The molecule has 4 nitrogen and oxygen atoms in total. The molecule has 0 spiro atoms. The first kappa shape index (κ1) is 14.3. The van der Waals surface area contributed by atoms with Crippen molar-refractivity contribution in [2.24, 2.45) is 0 Å². The molecule has 2 N–H and O–H groups in total. The molecule has 1 amide bonds. The van der Waals surface area contributed by atoms with Crippen LogP contribution < -0.4 is 5.32 Å². The maximum absolute atomic E-state index is 13.9. The summed E-state index contributed by atoms with van der Waals surface area (Å²) in [4.78, 5) is 14.4. The van der Waals surface area contributed by atoms with E-state index in [1.165, 1.54) is 25.0 Å². The average molecular weight is 292 g/mol. The van der Waals surface area contributed by atoms with Crippen LogP contribution in [0.3, 0.4) is 0 Å². The zero-order valence-corrected chi connectivity index (χ0v) is 12.2. The van der Waals surface area contributed by atoms with E-state index >= 15 is 0 Å². The van der Waals surface area contributed by atoms with Gasteiger partial charge in [0.25, 0.3) is 5.91 Å². The van der Waals surface area contributed by atoms with Crippen LogP contribution >= 0.6 is 0 Å². The number of nitrogens with one attached hydrogen (secondary N) is 1. The molecule has 2 saturated heterocycles. The Morgan fingerprint density at radius 2 is 2.05 bits per heavy atom. The van der Waals surface area contributed by atoms with Crippen LogP contribution in [0.1, 0.15) is 43.0 Å². The third-order valence-electron chi connectivity index (χ3n) is 4.67. The Balaban J connectivity index is 1.80. The Morgan fingerprint density at radius 3 is 2.62 bits per heavy atom. The van der Waals surface area contributed by atoms with Gasteiger partial charge in [0.2, 0.25) is 0 Å². The lowest BCUT2D eigenvalue weighted by atomic mass is 9.97. The van der Waals surface area contributed by atoms with Crippen molar-refractivity contribution in [1.82, 2.24) is 10.2 Å². The summed E-state index contributed by atoms with van der Waals surface area (Å²) in [7, 11) is 0. The third kappa shape index (κ3) is 2.75. The standard InChI is InChI=1S/C16H21FN2O2/c1-2-19(12-7-10-3-4-11(8-12)18-10)16(21)14-6-5-13(20)9-15(14)17/h5-6,9-12,18,20H,2-4,7-8H2,1H3. The maximum atomic E-state index is 13.9. The third-order valence-corrected chi connectivity index (χ3v) is 4.67. The first-order valence-corrected chi connectivity index (χ1v) is 7.64. The van der Waals surface area contributed by atoms with Crippen molar-refractivity contribution in [3.63, 3.8) is 0 Å². The van der Waals surface area contributed by atoms with E-state index in [0.29, 0.717) is 18.6 Å². The van der Waals surface area contributed by atoms with E-state index in [4.69, 9.17) is 0 Å². The number of hydrogen-bond donors (Lipinski definition) is 2. The van der Waals surface area contributed by atoms with Crippen LogP contribution in [0, 0.1) is 5.82 Å². The van der Waals surface area contributed by atoms with Gasteiger partial charge >= 0.3 is 0 Å². The minimum absolute atomic E-state index is 0.0422. The zero-order valence-electron chi connectivity index (χ0n) is 12.2. The van der Waals surface area contributed by atoms with Crippen LogP contribution in [0.25, 0.3) is 0 Å². The van der Waals surface area contributed by atoms with Crippen molar-refractivity contribution in [3.05, 3.63) is 29.6 Å². The van der Waals surface area contributed by atoms with E-state index < -0.39 is 5.82 Å². The van der Waals surface area contributed by atoms with Gasteiger partial charge in [-0.15, -0.1) is 0 Å². The molecule has 1 aromatic rings. The van der Waals surface area contributed by atoms with Gasteiger partial charge in [-0.25, -0.2) is 4.39 Å². The lowest BCUT2D eigenvalue weighted by Crippen LogP contribution is -2.50. The average Bonchev–Trinajstić information content (AvgIpc) is 2.78. The zero-order chi connectivity index (χ0) is 15.0. The lowest BCUT2D eigenvalue weighted by Gasteiger charge is -2.37. The second-order valence-corrected chi connectivity index (χ2v) is 6.02. The molecule has 5 heteroatoms. The number of phenols is 1. The second kappa shape index (κ2) is 5.64. The Bertz CT molecular complexity index is 537. The summed E-state index contributed by atoms with van der Waals surface area (Å²) in [6.45, 7) is 2.50. The van der Waals surface area contributed by atoms with Crippen molar-refractivity contribution in [2.75, 3.05) is 6.54 Å². The van der Waals surface area contributed by atoms with Gasteiger partial charge in [0, 0.05) is 30.7 Å². The highest BCUT2D eigenvalue weighted by molar-refractivity contribution is 5.94. The topological polar surface area (TPSA) is 52.6 Å². The highest BCUT2D eigenvalue weighted by Crippen LogP contribution is 2.30. The van der Waals surface area contributed by atoms with Gasteiger partial charge in [-0.2, -0.15) is 0 Å². The first-order chi connectivity index (χ1) is 10.1. The van der Waals surface area contributed by atoms with Crippen molar-refractivity contribution < 1.29 is 14.3 Å². The van der Waals surface area contributed by atoms with E-state index in [1.807, 2.05) is 6.92 Å². The molecule has 2 fully saturated rings. The smallest absolute Gasteiger partial charge is 0.257 e. The Hall–Kier alpha value is -1.62. The number of benzene rings is 1. The number of halogens is 1. The molecule has 0 aliphatic carbocycles. The molecule has 2 unspecified atom stereocenters. The van der Waals surface area contributed by atoms with E-state index in [-0.39, 0.29) is 23.3 Å². The van der Waals surface area contributed by atoms with E-state index in [2.05, 4.69) is 5.32 Å². The molecule has 2 aliphatic heterocycles. The highest BCUT2D eigenvalue weighted by atomic mass is 19.1. The van der Waals surface area contributed by atoms with Crippen LogP contribution in [-0.2, 0) is 0 Å². The van der Waals surface area contributed by atoms with Crippen molar-refractivity contribution in [3.8, 4) is 5.75 Å². The van der Waals surface area contributed by atoms with Crippen LogP contribution in [0.2, 0.25) is 0 Å². The fraction of sp³-hybridized carbons (Fsp3) is 0.562. The SMILES string of the molecule is CCN(C(=O)c1ccc(O)cc1F)C1CC2CCC(C1)N2. The summed E-state index contributed by atoms with van der Waals surface area (Å²) in [6, 6.07) is 4.87. The Morgan fingerprint density at radius 1 is 1.38 bits per heavy atom. The number of aromatic hydroxyl groups is 1. The molecule has 0 aromatic heterocycles. The summed E-state index contributed by atoms with van der Waals surface area (Å²) in [5.74, 6) is -1.09. The predicted octanol–water partition coefficient (Wildman–Crippen LogP) is 2.28. The monoisotopic (exact) mass is 292 g/mol. The summed E-state index contributed by atoms with van der Waals surface area (Å²) in [5.41, 5.74) is 0.0422. The number of piperidine rings is 1. The fourth-order valence-corrected chi connectivity index (χ4v) is 3.68. The molecule has 2 heterocycles. The summed E-state index contributed by atoms with van der Waals surface area (Å²) >= 11 is 0. The predicted molar refractivity (Wildman–Crippen MR) is 77.7 cm³/mol. The Kier molecular flexibility index (Phi) is 3.85. The molecule has 1 aromatic carbocycles. The van der Waals surface area contributed by atoms with Crippen LogP contribution in [-0.4, -0.2) is 40.6 Å². The molecule has 21 heavy (non-hydrogen) atoms. The minimum Gasteiger partial charge on any atom is -0.508 e. The molecular weight excluding hydrogens is 271 g/mol. The number of fused-ring (bicyclic) bond motifs is 2. The molecule has 0 saturated carbocycles. The van der Waals surface area contributed by atoms with Crippen molar-refractivity contribution in [2.45, 2.75) is 50.7 Å². The van der Waals surface area contributed by atoms with Gasteiger partial charge in [-0.1, -0.05) is 0 Å². The van der Waals surface area contributed by atoms with Crippen LogP contribution in [0.4, 0.5) is 4.39 Å². The van der Waals surface area contributed by atoms with E-state index in [0.717, 1.165) is 18.9 Å². The maximum Gasteiger partial charge on any atom is 0.257 e. The van der Waals surface area contributed by atoms with Gasteiger partial charge in [-0.3, -0.25) is 4.79 Å². The molecule has 3 rings (SSSR count). The minimum atomic E-state index is -0.657. The second-order valence-electron chi connectivity index (χ2n) is 6.02. The van der Waals surface area contributed by atoms with Crippen LogP contribution in [0.15, 0.2) is 18.2 Å². The van der Waals surface area contributed by atoms with E-state index in [1.54, 1.807) is 4.90 Å². The number of nitrogens with zero attached hydrogens (tertiary/aromatic N) is 1. The van der Waals surface area contributed by atoms with E-state index in [9.17, 15) is 14.3 Å². The molecule has 2 atom stereocenters. The quantitative estimate of drug-likeness (QED) is 0.898. The number of rotatable bonds is 3. The van der Waals surface area contributed by atoms with Crippen molar-refractivity contribution >= 4 is 5.91 Å². The normalized spacial score (nSPS) is 27.6. The van der Waals surface area contributed by atoms with Gasteiger partial charge in [0.1, 0.15) is 11.6 Å². The molecule has 114 valence electrons. The van der Waals surface area contributed by atoms with Crippen LogP contribution in [0.5, 0.6) is 5.75 Å². The number of phenolic OH excluding ortho intramolecular Hbond substituents is 1. The summed E-state index contributed by atoms with van der Waals surface area (Å²) in [5, 5.41) is 12.8. The first-order valence-electron chi connectivity index (χ1n) is 7.64. The molecule has 0 radical (unpaired) electrons. The number of hydrogen-bond acceptors (Lipinski definition) is 3. The van der Waals surface area contributed by atoms with Crippen molar-refractivity contribution in [1.29, 1.82) is 0 Å². The lowest BCUT2D eigenvalue weighted by molar-refractivity contribution is 0.0626. The molecule has 2 aliphatic rings. The highest BCUT2D eigenvalue weighted by Gasteiger charge is 2.37. The van der Waals surface area contributed by atoms with Gasteiger partial charge in [0.05, 0.1) is 5.56 Å². The van der Waals surface area contributed by atoms with Gasteiger partial charge in [0.15, 0.2) is 0 Å². The number of carbonyl (C=O) groups is 1. The van der Waals surface area contributed by atoms with Gasteiger partial charge in [-0.05, 0) is 44.7 Å². The molecular formula is C16H21FN2O2. The Labute approximate surface area is 124 Å². The number of carbonyl (C=O) groups excluding carboxylic acids is 1. The van der Waals surface area contributed by atoms with Gasteiger partial charge < -0.3 is 15.3 Å². The summed E-state index contributed by atoms with van der Waals surface area (Å²) in [6.07, 6.45) is 4.21. The number of amides is 1. The molecule has 2 bridgehead atoms. The largest absolute Gasteiger partial charge is 0.508 e.